The van der Waals surface area contributed by atoms with Crippen molar-refractivity contribution in [1.29, 1.82) is 0 Å². The average molecular weight is 367 g/mol. The third kappa shape index (κ3) is 7.16. The zero-order valence-electron chi connectivity index (χ0n) is 15.1. The van der Waals surface area contributed by atoms with Crippen LogP contribution in [0.2, 0.25) is 0 Å². The van der Waals surface area contributed by atoms with Gasteiger partial charge in [0.25, 0.3) is 0 Å². The Labute approximate surface area is 151 Å². The zero-order valence-corrected chi connectivity index (χ0v) is 15.9. The Bertz CT molecular complexity index is 646. The van der Waals surface area contributed by atoms with Gasteiger partial charge in [-0.3, -0.25) is 4.79 Å². The number of aryl methyl sites for hydroxylation is 1. The second kappa shape index (κ2) is 9.34. The fourth-order valence-corrected chi connectivity index (χ4v) is 4.12. The van der Waals surface area contributed by atoms with Crippen LogP contribution in [0, 0.1) is 5.92 Å². The molecular weight excluding hydrogens is 336 g/mol. The Morgan fingerprint density at radius 1 is 1.32 bits per heavy atom. The highest BCUT2D eigenvalue weighted by atomic mass is 32.2. The molecule has 2 unspecified atom stereocenters. The number of hydrogen-bond acceptors (Lipinski definition) is 4. The van der Waals surface area contributed by atoms with Gasteiger partial charge in [0, 0.05) is 19.3 Å². The van der Waals surface area contributed by atoms with Crippen LogP contribution in [0.5, 0.6) is 0 Å². The Hall–Kier alpha value is -1.40. The van der Waals surface area contributed by atoms with E-state index >= 15 is 0 Å². The van der Waals surface area contributed by atoms with Crippen molar-refractivity contribution in [2.24, 2.45) is 11.7 Å². The lowest BCUT2D eigenvalue weighted by atomic mass is 9.91. The summed E-state index contributed by atoms with van der Waals surface area (Å²) in [4.78, 5) is 14.3. The Morgan fingerprint density at radius 3 is 2.72 bits per heavy atom. The van der Waals surface area contributed by atoms with E-state index in [-0.39, 0.29) is 18.1 Å². The number of hydrogen-bond donors (Lipinski definition) is 1. The highest BCUT2D eigenvalue weighted by Gasteiger charge is 2.27. The highest BCUT2D eigenvalue weighted by molar-refractivity contribution is 7.90. The van der Waals surface area contributed by atoms with Gasteiger partial charge in [0.05, 0.1) is 11.8 Å². The maximum atomic E-state index is 12.5. The average Bonchev–Trinajstić information content (AvgIpc) is 2.59. The lowest BCUT2D eigenvalue weighted by Gasteiger charge is -2.34. The molecule has 5 nitrogen and oxygen atoms in total. The van der Waals surface area contributed by atoms with Gasteiger partial charge in [-0.25, -0.2) is 8.42 Å². The largest absolute Gasteiger partial charge is 0.341 e. The van der Waals surface area contributed by atoms with Crippen molar-refractivity contribution in [3.8, 4) is 0 Å². The quantitative estimate of drug-likeness (QED) is 0.763. The van der Waals surface area contributed by atoms with Crippen molar-refractivity contribution in [3.63, 3.8) is 0 Å². The van der Waals surface area contributed by atoms with E-state index in [0.717, 1.165) is 45.2 Å². The second-order valence-electron chi connectivity index (χ2n) is 7.20. The van der Waals surface area contributed by atoms with Crippen LogP contribution >= 0.6 is 0 Å². The molecule has 0 aliphatic carbocycles. The third-order valence-electron chi connectivity index (χ3n) is 4.87. The number of amides is 1. The molecule has 1 aromatic carbocycles. The van der Waals surface area contributed by atoms with Crippen LogP contribution in [0.15, 0.2) is 30.3 Å². The number of likely N-dealkylation sites (tertiary alicyclic amines) is 1. The summed E-state index contributed by atoms with van der Waals surface area (Å²) in [6, 6.07) is 9.75. The number of rotatable bonds is 8. The van der Waals surface area contributed by atoms with Gasteiger partial charge in [-0.05, 0) is 50.0 Å². The lowest BCUT2D eigenvalue weighted by Crippen LogP contribution is -2.48. The van der Waals surface area contributed by atoms with Crippen molar-refractivity contribution >= 4 is 15.7 Å². The van der Waals surface area contributed by atoms with Crippen LogP contribution in [0.25, 0.3) is 0 Å². The Balaban J connectivity index is 1.76. The summed E-state index contributed by atoms with van der Waals surface area (Å²) in [5.74, 6) is 0.383. The summed E-state index contributed by atoms with van der Waals surface area (Å²) in [6.45, 7) is 1.49. The molecule has 2 N–H and O–H groups in total. The Morgan fingerprint density at radius 2 is 2.04 bits per heavy atom. The summed E-state index contributed by atoms with van der Waals surface area (Å²) in [5, 5.41) is 0. The maximum absolute atomic E-state index is 12.5. The molecule has 25 heavy (non-hydrogen) atoms. The van der Waals surface area contributed by atoms with Gasteiger partial charge in [0.2, 0.25) is 5.91 Å². The minimum absolute atomic E-state index is 0.0335. The smallest absolute Gasteiger partial charge is 0.239 e. The number of carbonyl (C=O) groups is 1. The SMILES string of the molecule is CS(=O)(=O)CCC(N)C(=O)N1CCCC(CCCc2ccccc2)C1. The number of piperidine rings is 1. The molecular formula is C19H30N2O3S. The van der Waals surface area contributed by atoms with Crippen LogP contribution in [0.4, 0.5) is 0 Å². The highest BCUT2D eigenvalue weighted by Crippen LogP contribution is 2.22. The van der Waals surface area contributed by atoms with Gasteiger partial charge in [-0.1, -0.05) is 30.3 Å². The van der Waals surface area contributed by atoms with E-state index < -0.39 is 15.9 Å². The predicted octanol–water partition coefficient (Wildman–Crippen LogP) is 2.01. The van der Waals surface area contributed by atoms with Crippen LogP contribution in [0.3, 0.4) is 0 Å². The molecule has 1 heterocycles. The monoisotopic (exact) mass is 366 g/mol. The third-order valence-corrected chi connectivity index (χ3v) is 5.85. The van der Waals surface area contributed by atoms with E-state index in [4.69, 9.17) is 5.73 Å². The van der Waals surface area contributed by atoms with Gasteiger partial charge >= 0.3 is 0 Å². The summed E-state index contributed by atoms with van der Waals surface area (Å²) >= 11 is 0. The van der Waals surface area contributed by atoms with E-state index in [1.807, 2.05) is 11.0 Å². The molecule has 0 saturated carbocycles. The van der Waals surface area contributed by atoms with E-state index in [9.17, 15) is 13.2 Å². The van der Waals surface area contributed by atoms with Crippen LogP contribution < -0.4 is 5.73 Å². The second-order valence-corrected chi connectivity index (χ2v) is 9.46. The molecule has 140 valence electrons. The summed E-state index contributed by atoms with van der Waals surface area (Å²) < 4.78 is 22.5. The summed E-state index contributed by atoms with van der Waals surface area (Å²) in [5.41, 5.74) is 7.28. The van der Waals surface area contributed by atoms with Gasteiger partial charge in [-0.15, -0.1) is 0 Å². The molecule has 1 fully saturated rings. The molecule has 1 aromatic rings. The van der Waals surface area contributed by atoms with Gasteiger partial charge in [0.15, 0.2) is 0 Å². The van der Waals surface area contributed by atoms with Gasteiger partial charge in [-0.2, -0.15) is 0 Å². The van der Waals surface area contributed by atoms with Crippen LogP contribution in [-0.2, 0) is 21.1 Å². The first-order valence-corrected chi connectivity index (χ1v) is 11.2. The molecule has 0 spiro atoms. The minimum Gasteiger partial charge on any atom is -0.341 e. The molecule has 0 bridgehead atoms. The van der Waals surface area contributed by atoms with E-state index in [2.05, 4.69) is 24.3 Å². The van der Waals surface area contributed by atoms with Crippen molar-refractivity contribution in [1.82, 2.24) is 4.90 Å². The number of sulfone groups is 1. The Kier molecular flexibility index (Phi) is 7.44. The molecule has 1 amide bonds. The predicted molar refractivity (Wildman–Crippen MR) is 101 cm³/mol. The minimum atomic E-state index is -3.08. The number of nitrogens with zero attached hydrogens (tertiary/aromatic N) is 1. The van der Waals surface area contributed by atoms with Crippen molar-refractivity contribution in [2.75, 3.05) is 25.1 Å². The molecule has 0 aromatic heterocycles. The standard InChI is InChI=1S/C19H30N2O3S/c1-25(23,24)14-12-18(20)19(22)21-13-6-11-17(15-21)10-5-9-16-7-3-2-4-8-16/h2-4,7-8,17-18H,5-6,9-15,20H2,1H3. The molecule has 1 saturated heterocycles. The molecule has 6 heteroatoms. The maximum Gasteiger partial charge on any atom is 0.239 e. The van der Waals surface area contributed by atoms with Crippen molar-refractivity contribution in [2.45, 2.75) is 44.6 Å². The fraction of sp³-hybridized carbons (Fsp3) is 0.632. The molecule has 2 atom stereocenters. The first-order chi connectivity index (χ1) is 11.8. The van der Waals surface area contributed by atoms with Crippen LogP contribution in [0.1, 0.15) is 37.7 Å². The van der Waals surface area contributed by atoms with Crippen molar-refractivity contribution in [3.05, 3.63) is 35.9 Å². The van der Waals surface area contributed by atoms with Gasteiger partial charge in [0.1, 0.15) is 9.84 Å². The summed E-state index contributed by atoms with van der Waals surface area (Å²) in [7, 11) is -3.08. The summed E-state index contributed by atoms with van der Waals surface area (Å²) in [6.07, 6.45) is 6.83. The molecule has 2 rings (SSSR count). The number of benzene rings is 1. The van der Waals surface area contributed by atoms with E-state index in [0.29, 0.717) is 5.92 Å². The first-order valence-electron chi connectivity index (χ1n) is 9.11. The number of carbonyl (C=O) groups excluding carboxylic acids is 1. The lowest BCUT2D eigenvalue weighted by molar-refractivity contribution is -0.134. The zero-order chi connectivity index (χ0) is 18.3. The van der Waals surface area contributed by atoms with Crippen LogP contribution in [-0.4, -0.2) is 50.4 Å². The normalized spacial score (nSPS) is 19.6. The van der Waals surface area contributed by atoms with E-state index in [1.54, 1.807) is 0 Å². The molecule has 1 aliphatic heterocycles. The fourth-order valence-electron chi connectivity index (χ4n) is 3.44. The first kappa shape index (κ1) is 19.9. The van der Waals surface area contributed by atoms with Gasteiger partial charge < -0.3 is 10.6 Å². The molecule has 1 aliphatic rings. The van der Waals surface area contributed by atoms with Crippen molar-refractivity contribution < 1.29 is 13.2 Å². The van der Waals surface area contributed by atoms with E-state index in [1.165, 1.54) is 11.8 Å². The molecule has 0 radical (unpaired) electrons. The number of nitrogens with two attached hydrogens (primary N) is 1. The topological polar surface area (TPSA) is 80.5 Å².